The monoisotopic (exact) mass is 384 g/mol. The molecule has 0 spiro atoms. The first-order chi connectivity index (χ1) is 13.2. The maximum absolute atomic E-state index is 12.3. The molecule has 0 aliphatic heterocycles. The van der Waals surface area contributed by atoms with E-state index in [2.05, 4.69) is 15.2 Å². The van der Waals surface area contributed by atoms with Crippen LogP contribution in [0.2, 0.25) is 0 Å². The van der Waals surface area contributed by atoms with E-state index >= 15 is 0 Å². The van der Waals surface area contributed by atoms with Gasteiger partial charge in [0.25, 0.3) is 0 Å². The topological polar surface area (TPSA) is 80.3 Å². The van der Waals surface area contributed by atoms with Crippen LogP contribution in [0.4, 0.5) is 0 Å². The number of pyridine rings is 1. The predicted molar refractivity (Wildman–Crippen MR) is 101 cm³/mol. The maximum atomic E-state index is 12.3. The number of nitrogens with zero attached hydrogens (tertiary/aromatic N) is 4. The van der Waals surface area contributed by atoms with Crippen molar-refractivity contribution in [1.29, 1.82) is 0 Å². The molecule has 0 saturated heterocycles. The summed E-state index contributed by atoms with van der Waals surface area (Å²) in [7, 11) is 3.15. The average Bonchev–Trinajstić information content (AvgIpc) is 3.07. The number of hydrogen-bond donors (Lipinski definition) is 0. The number of rotatable bonds is 5. The average molecular weight is 384 g/mol. The third-order valence-corrected chi connectivity index (χ3v) is 4.33. The molecule has 0 unspecified atom stereocenters. The zero-order valence-electron chi connectivity index (χ0n) is 15.9. The van der Waals surface area contributed by atoms with Crippen LogP contribution in [0.3, 0.4) is 0 Å². The van der Waals surface area contributed by atoms with Gasteiger partial charge in [0.15, 0.2) is 17.2 Å². The minimum atomic E-state index is -0.422. The van der Waals surface area contributed by atoms with E-state index in [9.17, 15) is 4.79 Å². The van der Waals surface area contributed by atoms with Crippen molar-refractivity contribution in [3.05, 3.63) is 70.6 Å². The van der Waals surface area contributed by atoms with Gasteiger partial charge in [0.05, 0.1) is 31.3 Å². The number of benzene rings is 2. The number of ether oxygens (including phenoxy) is 2. The Bertz CT molecular complexity index is 1170. The molecule has 4 rings (SSSR count). The zero-order chi connectivity index (χ0) is 18.8. The Morgan fingerprint density at radius 2 is 1.79 bits per heavy atom. The fraction of sp³-hybridized carbons (Fsp3) is 0.150. The maximum Gasteiger partial charge on any atom is 1.00 e. The minimum absolute atomic E-state index is 0. The van der Waals surface area contributed by atoms with E-state index in [1.54, 1.807) is 20.3 Å². The quantitative estimate of drug-likeness (QED) is 0.431. The summed E-state index contributed by atoms with van der Waals surface area (Å²) in [5, 5.41) is 8.78. The second-order valence-electron chi connectivity index (χ2n) is 5.97. The fourth-order valence-electron chi connectivity index (χ4n) is 2.97. The third-order valence-electron chi connectivity index (χ3n) is 4.33. The molecule has 0 radical (unpaired) electrons. The van der Waals surface area contributed by atoms with Gasteiger partial charge in [-0.3, -0.25) is 9.89 Å². The molecule has 0 aliphatic rings. The van der Waals surface area contributed by atoms with Crippen LogP contribution in [0.5, 0.6) is 11.5 Å². The van der Waals surface area contributed by atoms with E-state index < -0.39 is 5.69 Å². The molecule has 2 heterocycles. The molecule has 0 saturated carbocycles. The van der Waals surface area contributed by atoms with E-state index in [1.165, 1.54) is 4.57 Å². The van der Waals surface area contributed by atoms with Gasteiger partial charge in [-0.05, 0) is 36.4 Å². The normalized spacial score (nSPS) is 10.5. The van der Waals surface area contributed by atoms with Crippen LogP contribution < -0.4 is 49.8 Å². The number of methoxy groups -OCH3 is 2. The molecule has 0 N–H and O–H groups in total. The summed E-state index contributed by atoms with van der Waals surface area (Å²) >= 11 is 0. The zero-order valence-corrected chi connectivity index (χ0v) is 17.9. The van der Waals surface area contributed by atoms with Crippen LogP contribution in [0.15, 0.2) is 59.4 Å². The molecule has 8 heteroatoms. The molecular weight excluding hydrogens is 367 g/mol. The standard InChI is InChI=1S/C20H18N4O3.Na/c1-26-17-10-7-13(11-18(17)27-2)12-24-19(22-23-20(24)25)16-9-8-14-5-3-4-6-15(14)21-16;/h3-11H,12H2,1-2H3,(H,21,23,25);/q;+1/p-1. The second kappa shape index (κ2) is 8.60. The van der Waals surface area contributed by atoms with E-state index in [0.717, 1.165) is 16.5 Å². The van der Waals surface area contributed by atoms with Crippen LogP contribution in [-0.2, 0) is 6.54 Å². The molecule has 4 aromatic rings. The smallest absolute Gasteiger partial charge is 0.493 e. The Morgan fingerprint density at radius 1 is 1.00 bits per heavy atom. The van der Waals surface area contributed by atoms with E-state index in [-0.39, 0.29) is 29.6 Å². The van der Waals surface area contributed by atoms with Gasteiger partial charge >= 0.3 is 29.6 Å². The van der Waals surface area contributed by atoms with Crippen LogP contribution >= 0.6 is 0 Å². The van der Waals surface area contributed by atoms with Crippen molar-refractivity contribution in [2.24, 2.45) is 0 Å². The molecule has 0 amide bonds. The molecular formula is C20H17N4NaO3. The predicted octanol–water partition coefficient (Wildman–Crippen LogP) is -0.515. The molecule has 0 bridgehead atoms. The Morgan fingerprint density at radius 3 is 2.57 bits per heavy atom. The third kappa shape index (κ3) is 3.82. The summed E-state index contributed by atoms with van der Waals surface area (Å²) in [6.45, 7) is 0.302. The summed E-state index contributed by atoms with van der Waals surface area (Å²) in [5.74, 6) is 1.66. The number of aromatic nitrogens is 4. The summed E-state index contributed by atoms with van der Waals surface area (Å²) in [4.78, 5) is 16.9. The SMILES string of the molecule is COc1ccc(Cn2c(-c3ccc4ccccc4n3)n[n-]c2=O)cc1OC.[Na+]. The van der Waals surface area contributed by atoms with E-state index in [4.69, 9.17) is 9.47 Å². The summed E-state index contributed by atoms with van der Waals surface area (Å²) < 4.78 is 12.1. The number of fused-ring (bicyclic) bond motifs is 1. The number of para-hydroxylation sites is 1. The summed E-state index contributed by atoms with van der Waals surface area (Å²) in [5.41, 5.74) is 1.88. The largest absolute Gasteiger partial charge is 1.00 e. The molecule has 0 fully saturated rings. The van der Waals surface area contributed by atoms with Gasteiger partial charge < -0.3 is 19.1 Å². The second-order valence-corrected chi connectivity index (χ2v) is 5.97. The van der Waals surface area contributed by atoms with Crippen LogP contribution in [0.1, 0.15) is 5.56 Å². The molecule has 2 aromatic carbocycles. The van der Waals surface area contributed by atoms with E-state index in [1.807, 2.05) is 48.5 Å². The van der Waals surface area contributed by atoms with Crippen molar-refractivity contribution < 1.29 is 39.0 Å². The van der Waals surface area contributed by atoms with Crippen LogP contribution in [0.25, 0.3) is 22.4 Å². The van der Waals surface area contributed by atoms with Gasteiger partial charge in [-0.15, -0.1) is 0 Å². The van der Waals surface area contributed by atoms with Crippen molar-refractivity contribution in [3.8, 4) is 23.0 Å². The molecule has 7 nitrogen and oxygen atoms in total. The van der Waals surface area contributed by atoms with Gasteiger partial charge in [0.1, 0.15) is 0 Å². The van der Waals surface area contributed by atoms with Gasteiger partial charge in [-0.2, -0.15) is 0 Å². The van der Waals surface area contributed by atoms with Crippen molar-refractivity contribution in [3.63, 3.8) is 0 Å². The van der Waals surface area contributed by atoms with Gasteiger partial charge in [0.2, 0.25) is 0 Å². The van der Waals surface area contributed by atoms with Crippen LogP contribution in [0, 0.1) is 0 Å². The molecule has 0 aliphatic carbocycles. The van der Waals surface area contributed by atoms with Crippen molar-refractivity contribution in [1.82, 2.24) is 19.7 Å². The molecule has 2 aromatic heterocycles. The van der Waals surface area contributed by atoms with Crippen LogP contribution in [-0.4, -0.2) is 28.9 Å². The van der Waals surface area contributed by atoms with Gasteiger partial charge in [-0.25, -0.2) is 4.98 Å². The Hall–Kier alpha value is -2.61. The van der Waals surface area contributed by atoms with Crippen molar-refractivity contribution in [2.45, 2.75) is 6.54 Å². The first-order valence-electron chi connectivity index (χ1n) is 8.37. The summed E-state index contributed by atoms with van der Waals surface area (Å²) in [6, 6.07) is 17.1. The van der Waals surface area contributed by atoms with Gasteiger partial charge in [-0.1, -0.05) is 30.3 Å². The number of hydrogen-bond acceptors (Lipinski definition) is 5. The minimum Gasteiger partial charge on any atom is -0.493 e. The molecule has 0 atom stereocenters. The Kier molecular flexibility index (Phi) is 6.18. The van der Waals surface area contributed by atoms with Crippen molar-refractivity contribution in [2.75, 3.05) is 14.2 Å². The van der Waals surface area contributed by atoms with Crippen molar-refractivity contribution >= 4 is 10.9 Å². The van der Waals surface area contributed by atoms with E-state index in [0.29, 0.717) is 29.6 Å². The molecule has 136 valence electrons. The first-order valence-corrected chi connectivity index (χ1v) is 8.37. The summed E-state index contributed by atoms with van der Waals surface area (Å²) in [6.07, 6.45) is 0. The fourth-order valence-corrected chi connectivity index (χ4v) is 2.97. The Labute approximate surface area is 183 Å². The molecule has 28 heavy (non-hydrogen) atoms. The first kappa shape index (κ1) is 20.1. The Balaban J connectivity index is 0.00000225. The van der Waals surface area contributed by atoms with Gasteiger partial charge in [0, 0.05) is 5.39 Å².